The smallest absolute Gasteiger partial charge is 0.137 e. The zero-order valence-electron chi connectivity index (χ0n) is 8.60. The highest BCUT2D eigenvalue weighted by atomic mass is 35.5. The molecule has 0 saturated heterocycles. The van der Waals surface area contributed by atoms with Gasteiger partial charge in [-0.3, -0.25) is 0 Å². The molecule has 0 atom stereocenters. The second-order valence-corrected chi connectivity index (χ2v) is 4.23. The van der Waals surface area contributed by atoms with Gasteiger partial charge in [0.15, 0.2) is 0 Å². The Morgan fingerprint density at radius 3 is 2.87 bits per heavy atom. The third-order valence-electron chi connectivity index (χ3n) is 2.47. The standard InChI is InChI=1S/C11H11ClN2S/c1-3-9-13-10-6(2)8(12)5-4-7(10)11(15)14-9/h4-5H,3H2,1-2H3,(H,13,14,15). The van der Waals surface area contributed by atoms with Crippen molar-refractivity contribution in [2.75, 3.05) is 0 Å². The van der Waals surface area contributed by atoms with E-state index in [1.165, 1.54) is 0 Å². The van der Waals surface area contributed by atoms with Crippen molar-refractivity contribution < 1.29 is 0 Å². The second-order valence-electron chi connectivity index (χ2n) is 3.44. The second kappa shape index (κ2) is 3.91. The molecule has 0 aliphatic carbocycles. The summed E-state index contributed by atoms with van der Waals surface area (Å²) in [5.41, 5.74) is 2.02. The van der Waals surface area contributed by atoms with Crippen LogP contribution in [0.15, 0.2) is 12.1 Å². The highest BCUT2D eigenvalue weighted by molar-refractivity contribution is 7.71. The fourth-order valence-corrected chi connectivity index (χ4v) is 1.99. The van der Waals surface area contributed by atoms with Crippen molar-refractivity contribution in [1.82, 2.24) is 9.97 Å². The van der Waals surface area contributed by atoms with E-state index < -0.39 is 0 Å². The normalized spacial score (nSPS) is 10.9. The Balaban J connectivity index is 2.93. The molecular weight excluding hydrogens is 228 g/mol. The minimum Gasteiger partial charge on any atom is -0.343 e. The number of aryl methyl sites for hydroxylation is 2. The van der Waals surface area contributed by atoms with E-state index in [1.54, 1.807) is 0 Å². The molecule has 2 rings (SSSR count). The molecule has 0 amide bonds. The molecule has 1 aromatic heterocycles. The maximum absolute atomic E-state index is 6.06. The van der Waals surface area contributed by atoms with E-state index in [0.29, 0.717) is 4.64 Å². The van der Waals surface area contributed by atoms with Crippen LogP contribution < -0.4 is 0 Å². The van der Waals surface area contributed by atoms with Gasteiger partial charge in [-0.25, -0.2) is 4.98 Å². The molecule has 15 heavy (non-hydrogen) atoms. The lowest BCUT2D eigenvalue weighted by atomic mass is 10.1. The number of halogens is 1. The number of rotatable bonds is 1. The fraction of sp³-hybridized carbons (Fsp3) is 0.273. The van der Waals surface area contributed by atoms with Crippen molar-refractivity contribution in [3.63, 3.8) is 0 Å². The van der Waals surface area contributed by atoms with Crippen molar-refractivity contribution in [2.45, 2.75) is 20.3 Å². The summed E-state index contributed by atoms with van der Waals surface area (Å²) < 4.78 is 0.639. The van der Waals surface area contributed by atoms with E-state index in [4.69, 9.17) is 23.8 Å². The first-order valence-corrected chi connectivity index (χ1v) is 5.60. The number of benzene rings is 1. The Morgan fingerprint density at radius 1 is 1.47 bits per heavy atom. The molecule has 0 aliphatic heterocycles. The lowest BCUT2D eigenvalue weighted by Gasteiger charge is -2.06. The van der Waals surface area contributed by atoms with Crippen LogP contribution in [0.5, 0.6) is 0 Å². The molecule has 1 heterocycles. The Kier molecular flexibility index (Phi) is 2.76. The number of aromatic amines is 1. The predicted octanol–water partition coefficient (Wildman–Crippen LogP) is 3.82. The molecule has 0 bridgehead atoms. The minimum absolute atomic E-state index is 0.639. The van der Waals surface area contributed by atoms with Gasteiger partial charge in [0.05, 0.1) is 5.52 Å². The van der Waals surface area contributed by atoms with Crippen LogP contribution >= 0.6 is 23.8 Å². The third-order valence-corrected chi connectivity index (χ3v) is 3.19. The lowest BCUT2D eigenvalue weighted by molar-refractivity contribution is 0.953. The van der Waals surface area contributed by atoms with Crippen LogP contribution in [0.4, 0.5) is 0 Å². The monoisotopic (exact) mass is 238 g/mol. The summed E-state index contributed by atoms with van der Waals surface area (Å²) >= 11 is 11.3. The first-order chi connectivity index (χ1) is 7.13. The van der Waals surface area contributed by atoms with Crippen LogP contribution in [0.2, 0.25) is 5.02 Å². The molecule has 4 heteroatoms. The van der Waals surface area contributed by atoms with Crippen LogP contribution in [-0.2, 0) is 6.42 Å². The highest BCUT2D eigenvalue weighted by Gasteiger charge is 2.05. The van der Waals surface area contributed by atoms with Crippen LogP contribution in [0.25, 0.3) is 10.9 Å². The molecule has 0 saturated carbocycles. The third kappa shape index (κ3) is 1.77. The van der Waals surface area contributed by atoms with Gasteiger partial charge in [-0.05, 0) is 24.6 Å². The van der Waals surface area contributed by atoms with E-state index in [2.05, 4.69) is 9.97 Å². The molecule has 0 aliphatic rings. The van der Waals surface area contributed by atoms with Gasteiger partial charge in [-0.2, -0.15) is 0 Å². The van der Waals surface area contributed by atoms with Crippen LogP contribution in [0, 0.1) is 11.6 Å². The van der Waals surface area contributed by atoms with Gasteiger partial charge in [0, 0.05) is 16.8 Å². The summed E-state index contributed by atoms with van der Waals surface area (Å²) in [4.78, 5) is 7.57. The average Bonchev–Trinajstić information content (AvgIpc) is 2.23. The highest BCUT2D eigenvalue weighted by Crippen LogP contribution is 2.24. The number of nitrogens with zero attached hydrogens (tertiary/aromatic N) is 1. The Labute approximate surface area is 98.3 Å². The molecule has 78 valence electrons. The molecule has 0 radical (unpaired) electrons. The van der Waals surface area contributed by atoms with Gasteiger partial charge < -0.3 is 4.98 Å². The van der Waals surface area contributed by atoms with Gasteiger partial charge >= 0.3 is 0 Å². The Hall–Kier alpha value is -0.930. The number of aromatic nitrogens is 2. The first kappa shape index (κ1) is 10.6. The molecule has 1 aromatic carbocycles. The van der Waals surface area contributed by atoms with Crippen LogP contribution in [0.3, 0.4) is 0 Å². The van der Waals surface area contributed by atoms with Crippen molar-refractivity contribution in [1.29, 1.82) is 0 Å². The molecule has 2 aromatic rings. The number of nitrogens with one attached hydrogen (secondary N) is 1. The summed E-state index contributed by atoms with van der Waals surface area (Å²) in [6.45, 7) is 4.02. The number of H-pyrrole nitrogens is 1. The fourth-order valence-electron chi connectivity index (χ4n) is 1.55. The predicted molar refractivity (Wildman–Crippen MR) is 66.1 cm³/mol. The van der Waals surface area contributed by atoms with Crippen molar-refractivity contribution in [3.8, 4) is 0 Å². The first-order valence-electron chi connectivity index (χ1n) is 4.81. The quantitative estimate of drug-likeness (QED) is 0.766. The molecule has 2 nitrogen and oxygen atoms in total. The zero-order valence-corrected chi connectivity index (χ0v) is 10.2. The summed E-state index contributed by atoms with van der Waals surface area (Å²) in [5, 5.41) is 1.71. The number of hydrogen-bond acceptors (Lipinski definition) is 2. The summed E-state index contributed by atoms with van der Waals surface area (Å²) in [7, 11) is 0. The SMILES string of the molecule is CCc1nc(=S)c2ccc(Cl)c(C)c2[nH]1. The van der Waals surface area contributed by atoms with E-state index in [1.807, 2.05) is 26.0 Å². The van der Waals surface area contributed by atoms with Gasteiger partial charge in [0.2, 0.25) is 0 Å². The number of hydrogen-bond donors (Lipinski definition) is 1. The van der Waals surface area contributed by atoms with Crippen molar-refractivity contribution in [3.05, 3.63) is 33.2 Å². The Bertz CT molecular complexity index is 575. The van der Waals surface area contributed by atoms with E-state index in [9.17, 15) is 0 Å². The maximum Gasteiger partial charge on any atom is 0.137 e. The number of fused-ring (bicyclic) bond motifs is 1. The summed E-state index contributed by atoms with van der Waals surface area (Å²) in [5.74, 6) is 0.901. The maximum atomic E-state index is 6.06. The lowest BCUT2D eigenvalue weighted by Crippen LogP contribution is -1.96. The van der Waals surface area contributed by atoms with Gasteiger partial charge in [-0.15, -0.1) is 0 Å². The summed E-state index contributed by atoms with van der Waals surface area (Å²) in [6, 6.07) is 3.77. The molecular formula is C11H11ClN2S. The van der Waals surface area contributed by atoms with Crippen molar-refractivity contribution in [2.24, 2.45) is 0 Å². The molecule has 0 fully saturated rings. The Morgan fingerprint density at radius 2 is 2.20 bits per heavy atom. The van der Waals surface area contributed by atoms with E-state index in [-0.39, 0.29) is 0 Å². The van der Waals surface area contributed by atoms with Gasteiger partial charge in [0.25, 0.3) is 0 Å². The minimum atomic E-state index is 0.639. The van der Waals surface area contributed by atoms with Gasteiger partial charge in [0.1, 0.15) is 10.5 Å². The molecule has 1 N–H and O–H groups in total. The largest absolute Gasteiger partial charge is 0.343 e. The topological polar surface area (TPSA) is 28.7 Å². The molecule has 0 spiro atoms. The van der Waals surface area contributed by atoms with Crippen LogP contribution in [0.1, 0.15) is 18.3 Å². The average molecular weight is 239 g/mol. The molecule has 0 unspecified atom stereocenters. The van der Waals surface area contributed by atoms with E-state index in [0.717, 1.165) is 33.7 Å². The summed E-state index contributed by atoms with van der Waals surface area (Å²) in [6.07, 6.45) is 0.839. The van der Waals surface area contributed by atoms with E-state index >= 15 is 0 Å². The van der Waals surface area contributed by atoms with Crippen LogP contribution in [-0.4, -0.2) is 9.97 Å². The van der Waals surface area contributed by atoms with Gasteiger partial charge in [-0.1, -0.05) is 30.7 Å². The van der Waals surface area contributed by atoms with Crippen molar-refractivity contribution >= 4 is 34.7 Å². The zero-order chi connectivity index (χ0) is 11.0.